The van der Waals surface area contributed by atoms with E-state index in [1.807, 2.05) is 4.90 Å². The molecule has 1 aromatic rings. The number of hydrogen-bond donors (Lipinski definition) is 1. The van der Waals surface area contributed by atoms with Gasteiger partial charge in [0.15, 0.2) is 0 Å². The van der Waals surface area contributed by atoms with Gasteiger partial charge in [-0.25, -0.2) is 0 Å². The molecule has 0 radical (unpaired) electrons. The molecule has 20 heavy (non-hydrogen) atoms. The monoisotopic (exact) mass is 358 g/mol. The van der Waals surface area contributed by atoms with E-state index in [9.17, 15) is 9.59 Å². The molecule has 1 aliphatic heterocycles. The minimum Gasteiger partial charge on any atom is -0.351 e. The van der Waals surface area contributed by atoms with Gasteiger partial charge in [0.25, 0.3) is 5.91 Å². The molecule has 0 unspecified atom stereocenters. The predicted octanol–water partition coefficient (Wildman–Crippen LogP) is 2.84. The third-order valence-electron chi connectivity index (χ3n) is 3.26. The van der Waals surface area contributed by atoms with Crippen molar-refractivity contribution < 1.29 is 9.59 Å². The number of nitrogens with zero attached hydrogens (tertiary/aromatic N) is 1. The number of hydrogen-bond acceptors (Lipinski definition) is 2. The number of rotatable bonds is 4. The quantitative estimate of drug-likeness (QED) is 0.898. The van der Waals surface area contributed by atoms with Crippen molar-refractivity contribution in [3.63, 3.8) is 0 Å². The summed E-state index contributed by atoms with van der Waals surface area (Å²) in [5.74, 6) is -0.159. The van der Waals surface area contributed by atoms with Crippen LogP contribution in [0, 0.1) is 0 Å². The van der Waals surface area contributed by atoms with Crippen molar-refractivity contribution in [1.29, 1.82) is 0 Å². The molecule has 4 nitrogen and oxygen atoms in total. The molecule has 2 rings (SSSR count). The molecule has 0 saturated carbocycles. The molecular formula is C14H16BrClN2O2. The lowest BCUT2D eigenvalue weighted by Gasteiger charge is -2.15. The summed E-state index contributed by atoms with van der Waals surface area (Å²) in [5, 5.41) is 3.13. The Balaban J connectivity index is 1.83. The van der Waals surface area contributed by atoms with Crippen LogP contribution >= 0.6 is 27.5 Å². The lowest BCUT2D eigenvalue weighted by atomic mass is 10.2. The lowest BCUT2D eigenvalue weighted by Crippen LogP contribution is -2.32. The molecule has 2 amide bonds. The maximum atomic E-state index is 12.0. The Bertz CT molecular complexity index is 516. The zero-order valence-corrected chi connectivity index (χ0v) is 13.3. The second-order valence-electron chi connectivity index (χ2n) is 4.72. The topological polar surface area (TPSA) is 49.4 Å². The van der Waals surface area contributed by atoms with Crippen molar-refractivity contribution in [3.05, 3.63) is 33.3 Å². The summed E-state index contributed by atoms with van der Waals surface area (Å²) in [4.78, 5) is 25.7. The van der Waals surface area contributed by atoms with Crippen molar-refractivity contribution in [3.8, 4) is 0 Å². The molecule has 1 N–H and O–H groups in total. The molecule has 1 heterocycles. The number of benzene rings is 1. The standard InChI is InChI=1S/C14H16BrClN2O2/c15-10-3-4-12(16)11(9-10)14(20)17-6-5-13(19)18-7-1-2-8-18/h3-4,9H,1-2,5-8H2,(H,17,20). The number of amides is 2. The minimum atomic E-state index is -0.259. The van der Waals surface area contributed by atoms with Gasteiger partial charge in [-0.05, 0) is 31.0 Å². The van der Waals surface area contributed by atoms with E-state index >= 15 is 0 Å². The first-order valence-corrected chi connectivity index (χ1v) is 7.76. The highest BCUT2D eigenvalue weighted by Gasteiger charge is 2.18. The fourth-order valence-corrected chi connectivity index (χ4v) is 2.74. The second-order valence-corrected chi connectivity index (χ2v) is 6.04. The molecular weight excluding hydrogens is 344 g/mol. The molecule has 1 aromatic carbocycles. The van der Waals surface area contributed by atoms with Crippen molar-refractivity contribution in [2.24, 2.45) is 0 Å². The number of likely N-dealkylation sites (tertiary alicyclic amines) is 1. The van der Waals surface area contributed by atoms with E-state index in [2.05, 4.69) is 21.2 Å². The molecule has 0 aromatic heterocycles. The largest absolute Gasteiger partial charge is 0.351 e. The zero-order chi connectivity index (χ0) is 14.5. The molecule has 0 atom stereocenters. The van der Waals surface area contributed by atoms with Crippen LogP contribution in [0.25, 0.3) is 0 Å². The van der Waals surface area contributed by atoms with Crippen LogP contribution in [0.1, 0.15) is 29.6 Å². The van der Waals surface area contributed by atoms with E-state index in [0.29, 0.717) is 23.6 Å². The Hall–Kier alpha value is -1.07. The van der Waals surface area contributed by atoms with Crippen LogP contribution in [0.2, 0.25) is 5.02 Å². The highest BCUT2D eigenvalue weighted by atomic mass is 79.9. The first kappa shape index (κ1) is 15.3. The van der Waals surface area contributed by atoms with Crippen molar-refractivity contribution in [2.45, 2.75) is 19.3 Å². The van der Waals surface area contributed by atoms with Gasteiger partial charge in [0.05, 0.1) is 10.6 Å². The molecule has 108 valence electrons. The number of carbonyl (C=O) groups excluding carboxylic acids is 2. The normalized spacial score (nSPS) is 14.4. The summed E-state index contributed by atoms with van der Waals surface area (Å²) >= 11 is 9.28. The van der Waals surface area contributed by atoms with E-state index in [1.54, 1.807) is 18.2 Å². The Morgan fingerprint density at radius 3 is 2.70 bits per heavy atom. The zero-order valence-electron chi connectivity index (χ0n) is 11.0. The minimum absolute atomic E-state index is 0.100. The van der Waals surface area contributed by atoms with Crippen LogP contribution < -0.4 is 5.32 Å². The van der Waals surface area contributed by atoms with Gasteiger partial charge in [-0.3, -0.25) is 9.59 Å². The highest BCUT2D eigenvalue weighted by molar-refractivity contribution is 9.10. The van der Waals surface area contributed by atoms with Gasteiger partial charge < -0.3 is 10.2 Å². The smallest absolute Gasteiger partial charge is 0.252 e. The number of nitrogens with one attached hydrogen (secondary N) is 1. The molecule has 0 aliphatic carbocycles. The second kappa shape index (κ2) is 7.09. The number of halogens is 2. The third kappa shape index (κ3) is 3.96. The average Bonchev–Trinajstić information content (AvgIpc) is 2.95. The van der Waals surface area contributed by atoms with Gasteiger partial charge >= 0.3 is 0 Å². The molecule has 0 spiro atoms. The fraction of sp³-hybridized carbons (Fsp3) is 0.429. The van der Waals surface area contributed by atoms with E-state index in [-0.39, 0.29) is 11.8 Å². The Labute approximate surface area is 131 Å². The van der Waals surface area contributed by atoms with Crippen LogP contribution in [0.15, 0.2) is 22.7 Å². The third-order valence-corrected chi connectivity index (χ3v) is 4.08. The first-order valence-electron chi connectivity index (χ1n) is 6.59. The van der Waals surface area contributed by atoms with Crippen molar-refractivity contribution in [1.82, 2.24) is 10.2 Å². The SMILES string of the molecule is O=C(NCCC(=O)N1CCCC1)c1cc(Br)ccc1Cl. The van der Waals surface area contributed by atoms with Crippen molar-refractivity contribution >= 4 is 39.3 Å². The summed E-state index contributed by atoms with van der Waals surface area (Å²) in [5.41, 5.74) is 0.412. The lowest BCUT2D eigenvalue weighted by molar-refractivity contribution is -0.129. The first-order chi connectivity index (χ1) is 9.58. The van der Waals surface area contributed by atoms with E-state index in [0.717, 1.165) is 30.4 Å². The van der Waals surface area contributed by atoms with Gasteiger partial charge in [0, 0.05) is 30.5 Å². The maximum absolute atomic E-state index is 12.0. The molecule has 0 bridgehead atoms. The van der Waals surface area contributed by atoms with E-state index in [1.165, 1.54) is 0 Å². The van der Waals surface area contributed by atoms with Crippen LogP contribution in [-0.2, 0) is 4.79 Å². The number of carbonyl (C=O) groups is 2. The predicted molar refractivity (Wildman–Crippen MR) is 81.9 cm³/mol. The summed E-state index contributed by atoms with van der Waals surface area (Å²) in [7, 11) is 0. The summed E-state index contributed by atoms with van der Waals surface area (Å²) in [6.45, 7) is 2.01. The Kier molecular flexibility index (Phi) is 5.43. The van der Waals surface area contributed by atoms with E-state index < -0.39 is 0 Å². The van der Waals surface area contributed by atoms with Crippen LogP contribution in [0.5, 0.6) is 0 Å². The maximum Gasteiger partial charge on any atom is 0.252 e. The van der Waals surface area contributed by atoms with Gasteiger partial charge in [0.1, 0.15) is 0 Å². The summed E-state index contributed by atoms with van der Waals surface area (Å²) in [6, 6.07) is 5.10. The van der Waals surface area contributed by atoms with Crippen LogP contribution in [0.3, 0.4) is 0 Å². The summed E-state index contributed by atoms with van der Waals surface area (Å²) < 4.78 is 0.792. The van der Waals surface area contributed by atoms with Gasteiger partial charge in [-0.1, -0.05) is 27.5 Å². The van der Waals surface area contributed by atoms with Gasteiger partial charge in [-0.2, -0.15) is 0 Å². The Morgan fingerprint density at radius 2 is 2.00 bits per heavy atom. The molecule has 6 heteroatoms. The van der Waals surface area contributed by atoms with Crippen molar-refractivity contribution in [2.75, 3.05) is 19.6 Å². The van der Waals surface area contributed by atoms with Gasteiger partial charge in [0.2, 0.25) is 5.91 Å². The van der Waals surface area contributed by atoms with Crippen LogP contribution in [-0.4, -0.2) is 36.3 Å². The molecule has 1 saturated heterocycles. The fourth-order valence-electron chi connectivity index (χ4n) is 2.17. The molecule has 1 aliphatic rings. The Morgan fingerprint density at radius 1 is 1.30 bits per heavy atom. The summed E-state index contributed by atoms with van der Waals surface area (Å²) in [6.07, 6.45) is 2.48. The highest BCUT2D eigenvalue weighted by Crippen LogP contribution is 2.20. The van der Waals surface area contributed by atoms with Gasteiger partial charge in [-0.15, -0.1) is 0 Å². The van der Waals surface area contributed by atoms with Crippen LogP contribution in [0.4, 0.5) is 0 Å². The van der Waals surface area contributed by atoms with E-state index in [4.69, 9.17) is 11.6 Å². The molecule has 1 fully saturated rings. The average molecular weight is 360 g/mol.